The number of ketones is 1. The lowest BCUT2D eigenvalue weighted by Gasteiger charge is -2.17. The first-order valence-electron chi connectivity index (χ1n) is 12.8. The van der Waals surface area contributed by atoms with Gasteiger partial charge in [-0.1, -0.05) is 42.5 Å². The molecule has 0 saturated carbocycles. The predicted octanol–water partition coefficient (Wildman–Crippen LogP) is 7.26. The summed E-state index contributed by atoms with van der Waals surface area (Å²) in [7, 11) is 0. The third-order valence-corrected chi connectivity index (χ3v) is 7.31. The van der Waals surface area contributed by atoms with Gasteiger partial charge in [0, 0.05) is 23.5 Å². The second-order valence-corrected chi connectivity index (χ2v) is 10.3. The van der Waals surface area contributed by atoms with Crippen LogP contribution in [0.2, 0.25) is 0 Å². The molecule has 10 heteroatoms. The average molecular weight is 577 g/mol. The van der Waals surface area contributed by atoms with Crippen molar-refractivity contribution < 1.29 is 42.4 Å². The Balaban J connectivity index is 1.45. The maximum absolute atomic E-state index is 12.6. The fourth-order valence-electron chi connectivity index (χ4n) is 3.93. The Morgan fingerprint density at radius 3 is 2.15 bits per heavy atom. The normalized spacial score (nSPS) is 12.1. The summed E-state index contributed by atoms with van der Waals surface area (Å²) in [5.74, 6) is -2.39. The van der Waals surface area contributed by atoms with Crippen LogP contribution in [0.1, 0.15) is 52.4 Å². The van der Waals surface area contributed by atoms with Crippen LogP contribution in [0.25, 0.3) is 0 Å². The van der Waals surface area contributed by atoms with Gasteiger partial charge in [-0.2, -0.15) is 24.9 Å². The molecule has 2 N–H and O–H groups in total. The number of carbonyl (C=O) groups excluding carboxylic acids is 1. The van der Waals surface area contributed by atoms with Crippen LogP contribution in [0, 0.1) is 0 Å². The highest BCUT2D eigenvalue weighted by Gasteiger charge is 2.40. The van der Waals surface area contributed by atoms with Crippen molar-refractivity contribution in [2.24, 2.45) is 0 Å². The van der Waals surface area contributed by atoms with Crippen molar-refractivity contribution >= 4 is 23.5 Å². The lowest BCUT2D eigenvalue weighted by atomic mass is 10.0. The third kappa shape index (κ3) is 10.1. The first kappa shape index (κ1) is 30.9. The second kappa shape index (κ2) is 15.2. The number of thioether (sulfide) groups is 1. The number of halogens is 3. The smallest absolute Gasteiger partial charge is 0.455 e. The minimum Gasteiger partial charge on any atom is -0.507 e. The molecule has 0 bridgehead atoms. The van der Waals surface area contributed by atoms with Crippen molar-refractivity contribution in [1.82, 2.24) is 0 Å². The van der Waals surface area contributed by atoms with E-state index in [9.17, 15) is 27.9 Å². The zero-order chi connectivity index (χ0) is 29.0. The van der Waals surface area contributed by atoms with E-state index in [1.54, 1.807) is 11.8 Å². The van der Waals surface area contributed by atoms with Gasteiger partial charge in [-0.15, -0.1) is 0 Å². The monoisotopic (exact) mass is 576 g/mol. The van der Waals surface area contributed by atoms with Crippen LogP contribution >= 0.6 is 11.8 Å². The number of aromatic hydroxyl groups is 1. The maximum atomic E-state index is 12.6. The van der Waals surface area contributed by atoms with Crippen LogP contribution in [-0.2, 0) is 11.2 Å². The SMILES string of the molecule is O=C(O)CCSC(CCCc1ccccc1)c1ccc(OCCCOc2ccc(C(=O)C(F)(F)F)c(O)c2)cc1. The number of alkyl halides is 3. The van der Waals surface area contributed by atoms with Gasteiger partial charge in [0.15, 0.2) is 0 Å². The van der Waals surface area contributed by atoms with E-state index in [-0.39, 0.29) is 24.0 Å². The number of Topliss-reactive ketones (excluding diaryl/α,β-unsaturated/α-hetero) is 1. The minimum atomic E-state index is -5.07. The van der Waals surface area contributed by atoms with Gasteiger partial charge >= 0.3 is 12.1 Å². The maximum Gasteiger partial charge on any atom is 0.455 e. The van der Waals surface area contributed by atoms with Crippen molar-refractivity contribution in [1.29, 1.82) is 0 Å². The van der Waals surface area contributed by atoms with E-state index in [2.05, 4.69) is 12.1 Å². The zero-order valence-electron chi connectivity index (χ0n) is 21.7. The fourth-order valence-corrected chi connectivity index (χ4v) is 5.19. The van der Waals surface area contributed by atoms with Crippen LogP contribution < -0.4 is 9.47 Å². The molecule has 0 aliphatic carbocycles. The Morgan fingerprint density at radius 2 is 1.52 bits per heavy atom. The molecular weight excluding hydrogens is 545 g/mol. The molecular formula is C30H31F3O6S. The quantitative estimate of drug-likeness (QED) is 0.137. The number of phenolic OH excluding ortho intramolecular Hbond substituents is 1. The largest absolute Gasteiger partial charge is 0.507 e. The average Bonchev–Trinajstić information content (AvgIpc) is 2.92. The van der Waals surface area contributed by atoms with Gasteiger partial charge in [0.1, 0.15) is 17.2 Å². The molecule has 1 unspecified atom stereocenters. The molecule has 0 amide bonds. The minimum absolute atomic E-state index is 0.110. The number of carbonyl (C=O) groups is 2. The molecule has 0 fully saturated rings. The second-order valence-electron chi connectivity index (χ2n) is 9.01. The zero-order valence-corrected chi connectivity index (χ0v) is 22.5. The van der Waals surface area contributed by atoms with Crippen LogP contribution in [0.3, 0.4) is 0 Å². The molecule has 0 radical (unpaired) electrons. The third-order valence-electron chi connectivity index (χ3n) is 5.96. The number of benzene rings is 3. The van der Waals surface area contributed by atoms with E-state index in [1.165, 1.54) is 11.6 Å². The van der Waals surface area contributed by atoms with Crippen molar-refractivity contribution in [3.8, 4) is 17.2 Å². The summed E-state index contributed by atoms with van der Waals surface area (Å²) in [6, 6.07) is 21.0. The molecule has 0 spiro atoms. The Labute approximate surface area is 235 Å². The molecule has 214 valence electrons. The Kier molecular flexibility index (Phi) is 11.7. The lowest BCUT2D eigenvalue weighted by Crippen LogP contribution is -2.22. The Morgan fingerprint density at radius 1 is 0.875 bits per heavy atom. The van der Waals surface area contributed by atoms with E-state index >= 15 is 0 Å². The number of rotatable bonds is 16. The molecule has 0 saturated heterocycles. The van der Waals surface area contributed by atoms with Crippen molar-refractivity contribution in [3.63, 3.8) is 0 Å². The van der Waals surface area contributed by atoms with Crippen LogP contribution in [0.5, 0.6) is 17.2 Å². The number of carboxylic acid groups (broad SMARTS) is 1. The molecule has 3 aromatic rings. The number of carboxylic acids is 1. The Hall–Kier alpha value is -3.66. The standard InChI is InChI=1S/C30H31F3O6S/c31-30(32,33)29(37)25-15-14-24(20-26(25)34)39-18-5-17-38-23-12-10-22(11-13-23)27(40-19-16-28(35)36)9-4-8-21-6-2-1-3-7-21/h1-3,6-7,10-15,20,27,34H,4-5,8-9,16-19H2,(H,35,36). The first-order chi connectivity index (χ1) is 19.1. The molecule has 3 rings (SSSR count). The molecule has 0 heterocycles. The molecule has 40 heavy (non-hydrogen) atoms. The predicted molar refractivity (Wildman–Crippen MR) is 147 cm³/mol. The number of ether oxygens (including phenoxy) is 2. The summed E-state index contributed by atoms with van der Waals surface area (Å²) in [6.07, 6.45) is -1.64. The van der Waals surface area contributed by atoms with Crippen LogP contribution in [-0.4, -0.2) is 47.1 Å². The first-order valence-corrected chi connectivity index (χ1v) is 13.9. The van der Waals surface area contributed by atoms with E-state index in [1.807, 2.05) is 42.5 Å². The van der Waals surface area contributed by atoms with Gasteiger partial charge in [-0.3, -0.25) is 9.59 Å². The molecule has 0 aliphatic heterocycles. The summed E-state index contributed by atoms with van der Waals surface area (Å²) < 4.78 is 48.9. The van der Waals surface area contributed by atoms with E-state index in [4.69, 9.17) is 14.6 Å². The van der Waals surface area contributed by atoms with E-state index in [0.717, 1.165) is 37.0 Å². The van der Waals surface area contributed by atoms with Crippen molar-refractivity contribution in [2.45, 2.75) is 43.5 Å². The highest BCUT2D eigenvalue weighted by molar-refractivity contribution is 7.99. The Bertz CT molecular complexity index is 1230. The highest BCUT2D eigenvalue weighted by atomic mass is 32.2. The molecule has 0 aromatic heterocycles. The summed E-state index contributed by atoms with van der Waals surface area (Å²) in [4.78, 5) is 22.3. The summed E-state index contributed by atoms with van der Waals surface area (Å²) in [6.45, 7) is 0.512. The number of phenols is 1. The van der Waals surface area contributed by atoms with Crippen LogP contribution in [0.4, 0.5) is 13.2 Å². The highest BCUT2D eigenvalue weighted by Crippen LogP contribution is 2.35. The molecule has 1 atom stereocenters. The van der Waals surface area contributed by atoms with Crippen LogP contribution in [0.15, 0.2) is 72.8 Å². The number of aliphatic carboxylic acids is 1. The number of hydrogen-bond donors (Lipinski definition) is 2. The van der Waals surface area contributed by atoms with Gasteiger partial charge in [-0.25, -0.2) is 0 Å². The van der Waals surface area contributed by atoms with Crippen molar-refractivity contribution in [3.05, 3.63) is 89.5 Å². The van der Waals surface area contributed by atoms with Gasteiger partial charge in [0.25, 0.3) is 5.78 Å². The molecule has 6 nitrogen and oxygen atoms in total. The van der Waals surface area contributed by atoms with Gasteiger partial charge in [0.05, 0.1) is 25.2 Å². The number of aryl methyl sites for hydroxylation is 1. The van der Waals surface area contributed by atoms with E-state index in [0.29, 0.717) is 24.5 Å². The van der Waals surface area contributed by atoms with Gasteiger partial charge in [-0.05, 0) is 54.7 Å². The topological polar surface area (TPSA) is 93.1 Å². The van der Waals surface area contributed by atoms with Gasteiger partial charge < -0.3 is 19.7 Å². The lowest BCUT2D eigenvalue weighted by molar-refractivity contribution is -0.136. The molecule has 3 aromatic carbocycles. The summed E-state index contributed by atoms with van der Waals surface area (Å²) >= 11 is 1.64. The number of hydrogen-bond acceptors (Lipinski definition) is 6. The summed E-state index contributed by atoms with van der Waals surface area (Å²) in [5.41, 5.74) is 1.55. The summed E-state index contributed by atoms with van der Waals surface area (Å²) in [5, 5.41) is 18.9. The van der Waals surface area contributed by atoms with Gasteiger partial charge in [0.2, 0.25) is 0 Å². The van der Waals surface area contributed by atoms with Crippen molar-refractivity contribution in [2.75, 3.05) is 19.0 Å². The fraction of sp³-hybridized carbons (Fsp3) is 0.333. The van der Waals surface area contributed by atoms with E-state index < -0.39 is 29.2 Å². The molecule has 0 aliphatic rings.